The van der Waals surface area contributed by atoms with E-state index in [0.29, 0.717) is 18.1 Å². The number of carbonyl (C=O) groups is 1. The third kappa shape index (κ3) is 4.26. The van der Waals surface area contributed by atoms with Crippen molar-refractivity contribution in [3.63, 3.8) is 0 Å². The summed E-state index contributed by atoms with van der Waals surface area (Å²) >= 11 is 0. The van der Waals surface area contributed by atoms with E-state index in [2.05, 4.69) is 53.1 Å². The predicted octanol–water partition coefficient (Wildman–Crippen LogP) is 3.95. The fourth-order valence-electron chi connectivity index (χ4n) is 2.57. The number of hydrogen-bond acceptors (Lipinski definition) is 4. The maximum absolute atomic E-state index is 11.6. The molecule has 0 fully saturated rings. The number of carbonyl (C=O) groups excluding carboxylic acids is 1. The first-order chi connectivity index (χ1) is 12.8. The molecule has 3 aromatic rings. The van der Waals surface area contributed by atoms with Crippen LogP contribution in [0, 0.1) is 17.3 Å². The predicted molar refractivity (Wildman–Crippen MR) is 109 cm³/mol. The molecule has 0 aliphatic rings. The number of hydrogen-bond donors (Lipinski definition) is 3. The van der Waals surface area contributed by atoms with Crippen molar-refractivity contribution < 1.29 is 4.79 Å². The lowest BCUT2D eigenvalue weighted by Crippen LogP contribution is -2.10. The van der Waals surface area contributed by atoms with E-state index in [4.69, 9.17) is 5.73 Å². The number of aromatic amines is 1. The van der Waals surface area contributed by atoms with Gasteiger partial charge in [-0.3, -0.25) is 9.89 Å². The topological polar surface area (TPSA) is 96.7 Å². The molecule has 0 bridgehead atoms. The quantitative estimate of drug-likeness (QED) is 0.615. The Kier molecular flexibility index (Phi) is 4.87. The largest absolute Gasteiger partial charge is 0.382 e. The van der Waals surface area contributed by atoms with E-state index in [1.54, 1.807) is 13.1 Å². The van der Waals surface area contributed by atoms with Gasteiger partial charge in [-0.05, 0) is 56.2 Å². The van der Waals surface area contributed by atoms with Crippen molar-refractivity contribution in [3.8, 4) is 23.0 Å². The highest BCUT2D eigenvalue weighted by Crippen LogP contribution is 2.30. The van der Waals surface area contributed by atoms with Gasteiger partial charge in [-0.1, -0.05) is 18.8 Å². The van der Waals surface area contributed by atoms with E-state index in [-0.39, 0.29) is 11.3 Å². The number of H-pyrrole nitrogens is 1. The number of pyridine rings is 1. The molecule has 6 heteroatoms. The molecule has 0 radical (unpaired) electrons. The van der Waals surface area contributed by atoms with Gasteiger partial charge in [0.05, 0.1) is 11.1 Å². The van der Waals surface area contributed by atoms with Gasteiger partial charge in [-0.15, -0.1) is 0 Å². The van der Waals surface area contributed by atoms with Crippen molar-refractivity contribution in [1.82, 2.24) is 15.2 Å². The minimum absolute atomic E-state index is 0.0779. The van der Waals surface area contributed by atoms with E-state index in [0.717, 1.165) is 27.6 Å². The summed E-state index contributed by atoms with van der Waals surface area (Å²) in [6.07, 6.45) is 2.07. The van der Waals surface area contributed by atoms with Crippen LogP contribution in [0.25, 0.3) is 22.0 Å². The van der Waals surface area contributed by atoms with Crippen molar-refractivity contribution in [1.29, 1.82) is 0 Å². The molecular formula is C21H23N5O. The summed E-state index contributed by atoms with van der Waals surface area (Å²) in [6, 6.07) is 7.70. The molecule has 0 atom stereocenters. The average Bonchev–Trinajstić information content (AvgIpc) is 3.00. The van der Waals surface area contributed by atoms with Gasteiger partial charge in [0.2, 0.25) is 5.91 Å². The Morgan fingerprint density at radius 1 is 1.26 bits per heavy atom. The zero-order valence-corrected chi connectivity index (χ0v) is 16.0. The monoisotopic (exact) mass is 361 g/mol. The third-order valence-corrected chi connectivity index (χ3v) is 3.96. The molecule has 3 rings (SSSR count). The Morgan fingerprint density at radius 3 is 2.74 bits per heavy atom. The molecular weight excluding hydrogens is 338 g/mol. The highest BCUT2D eigenvalue weighted by Gasteiger charge is 2.12. The molecule has 6 nitrogen and oxygen atoms in total. The number of nitrogens with zero attached hydrogens (tertiary/aromatic N) is 2. The van der Waals surface area contributed by atoms with Gasteiger partial charge in [0.25, 0.3) is 0 Å². The van der Waals surface area contributed by atoms with Crippen LogP contribution in [-0.4, -0.2) is 21.1 Å². The number of anilines is 2. The summed E-state index contributed by atoms with van der Waals surface area (Å²) in [5.74, 6) is 7.37. The van der Waals surface area contributed by atoms with Crippen molar-refractivity contribution >= 4 is 28.4 Å². The Labute approximate surface area is 158 Å². The minimum Gasteiger partial charge on any atom is -0.382 e. The number of nitrogen functional groups attached to an aromatic ring is 1. The van der Waals surface area contributed by atoms with E-state index in [9.17, 15) is 4.79 Å². The lowest BCUT2D eigenvalue weighted by atomic mass is 9.96. The summed E-state index contributed by atoms with van der Waals surface area (Å²) in [4.78, 5) is 15.9. The summed E-state index contributed by atoms with van der Waals surface area (Å²) in [5, 5.41) is 10.7. The van der Waals surface area contributed by atoms with Crippen LogP contribution in [0.2, 0.25) is 0 Å². The van der Waals surface area contributed by atoms with E-state index in [1.807, 2.05) is 24.3 Å². The Morgan fingerprint density at radius 2 is 2.04 bits per heavy atom. The van der Waals surface area contributed by atoms with Crippen LogP contribution in [0.4, 0.5) is 11.6 Å². The fourth-order valence-corrected chi connectivity index (χ4v) is 2.57. The highest BCUT2D eigenvalue weighted by atomic mass is 16.1. The second kappa shape index (κ2) is 7.12. The second-order valence-corrected chi connectivity index (χ2v) is 7.39. The zero-order chi connectivity index (χ0) is 19.6. The van der Waals surface area contributed by atoms with Crippen LogP contribution >= 0.6 is 0 Å². The molecule has 0 aliphatic carbocycles. The number of nitrogens with two attached hydrogens (primary N) is 1. The first-order valence-electron chi connectivity index (χ1n) is 8.84. The van der Waals surface area contributed by atoms with Gasteiger partial charge in [0.15, 0.2) is 5.82 Å². The maximum atomic E-state index is 11.6. The Bertz CT molecular complexity index is 1060. The molecule has 138 valence electrons. The molecule has 1 aromatic carbocycles. The third-order valence-electron chi connectivity index (χ3n) is 3.96. The summed E-state index contributed by atoms with van der Waals surface area (Å²) < 4.78 is 0. The standard InChI is InChI=1S/C21H23N5O/c1-5-18(27)24-17-12-13(7-9-23-17)15-10-14(6-8-21(2,3)4)19-16(11-15)20(22)26-25-19/h7,9-12H,5H2,1-4H3,(H3,22,25,26)(H,23,24,27). The molecule has 27 heavy (non-hydrogen) atoms. The maximum Gasteiger partial charge on any atom is 0.225 e. The van der Waals surface area contributed by atoms with Gasteiger partial charge >= 0.3 is 0 Å². The molecule has 0 saturated heterocycles. The number of amides is 1. The van der Waals surface area contributed by atoms with E-state index in [1.165, 1.54) is 0 Å². The lowest BCUT2D eigenvalue weighted by Gasteiger charge is -2.09. The van der Waals surface area contributed by atoms with Gasteiger partial charge in [-0.25, -0.2) is 4.98 Å². The van der Waals surface area contributed by atoms with Gasteiger partial charge in [-0.2, -0.15) is 5.10 Å². The van der Waals surface area contributed by atoms with Gasteiger partial charge in [0, 0.05) is 23.4 Å². The van der Waals surface area contributed by atoms with E-state index >= 15 is 0 Å². The number of benzene rings is 1. The van der Waals surface area contributed by atoms with Crippen molar-refractivity contribution in [2.45, 2.75) is 34.1 Å². The van der Waals surface area contributed by atoms with Crippen LogP contribution < -0.4 is 11.1 Å². The molecule has 2 heterocycles. The van der Waals surface area contributed by atoms with E-state index < -0.39 is 0 Å². The number of fused-ring (bicyclic) bond motifs is 1. The molecule has 0 unspecified atom stereocenters. The molecule has 1 amide bonds. The highest BCUT2D eigenvalue weighted by molar-refractivity contribution is 5.96. The normalized spacial score (nSPS) is 11.1. The van der Waals surface area contributed by atoms with Gasteiger partial charge in [0.1, 0.15) is 5.82 Å². The molecule has 0 aliphatic heterocycles. The van der Waals surface area contributed by atoms with Crippen molar-refractivity contribution in [3.05, 3.63) is 36.0 Å². The lowest BCUT2D eigenvalue weighted by molar-refractivity contribution is -0.115. The van der Waals surface area contributed by atoms with Crippen LogP contribution in [0.3, 0.4) is 0 Å². The minimum atomic E-state index is -0.123. The van der Waals surface area contributed by atoms with Crippen molar-refractivity contribution in [2.75, 3.05) is 11.1 Å². The Balaban J connectivity index is 2.12. The number of rotatable bonds is 3. The summed E-state index contributed by atoms with van der Waals surface area (Å²) in [5.41, 5.74) is 9.41. The van der Waals surface area contributed by atoms with Crippen LogP contribution in [-0.2, 0) is 4.79 Å². The second-order valence-electron chi connectivity index (χ2n) is 7.39. The average molecular weight is 361 g/mol. The molecule has 4 N–H and O–H groups in total. The Hall–Kier alpha value is -3.33. The SMILES string of the molecule is CCC(=O)Nc1cc(-c2cc(C#CC(C)(C)C)c3[nH]nc(N)c3c2)ccn1. The number of nitrogens with one attached hydrogen (secondary N) is 2. The van der Waals surface area contributed by atoms with Crippen molar-refractivity contribution in [2.24, 2.45) is 5.41 Å². The molecule has 2 aromatic heterocycles. The van der Waals surface area contributed by atoms with Crippen LogP contribution in [0.1, 0.15) is 39.7 Å². The summed E-state index contributed by atoms with van der Waals surface area (Å²) in [6.45, 7) is 7.99. The molecule has 0 spiro atoms. The smallest absolute Gasteiger partial charge is 0.225 e. The van der Waals surface area contributed by atoms with Gasteiger partial charge < -0.3 is 11.1 Å². The number of aromatic nitrogens is 3. The van der Waals surface area contributed by atoms with Crippen LogP contribution in [0.15, 0.2) is 30.5 Å². The first kappa shape index (κ1) is 18.5. The zero-order valence-electron chi connectivity index (χ0n) is 16.0. The fraction of sp³-hybridized carbons (Fsp3) is 0.286. The van der Waals surface area contributed by atoms with Crippen LogP contribution in [0.5, 0.6) is 0 Å². The summed E-state index contributed by atoms with van der Waals surface area (Å²) in [7, 11) is 0. The molecule has 0 saturated carbocycles. The first-order valence-corrected chi connectivity index (χ1v) is 8.84.